The van der Waals surface area contributed by atoms with Crippen LogP contribution in [-0.4, -0.2) is 65.2 Å². The first-order chi connectivity index (χ1) is 21.3. The van der Waals surface area contributed by atoms with Crippen LogP contribution < -0.4 is 10.3 Å². The van der Waals surface area contributed by atoms with Crippen LogP contribution in [0.15, 0.2) is 63.1 Å². The van der Waals surface area contributed by atoms with E-state index in [2.05, 4.69) is 52.9 Å². The molecule has 0 atom stereocenters. The fourth-order valence-corrected chi connectivity index (χ4v) is 8.88. The van der Waals surface area contributed by atoms with Crippen molar-refractivity contribution < 1.29 is 16.8 Å². The second kappa shape index (κ2) is 12.0. The molecule has 45 heavy (non-hydrogen) atoms. The number of nitrogens with one attached hydrogen (secondary N) is 2. The summed E-state index contributed by atoms with van der Waals surface area (Å²) in [7, 11) is -7.56. The first-order valence-electron chi connectivity index (χ1n) is 15.4. The highest BCUT2D eigenvalue weighted by atomic mass is 32.2. The van der Waals surface area contributed by atoms with Crippen molar-refractivity contribution in [1.82, 2.24) is 34.0 Å². The third-order valence-corrected chi connectivity index (χ3v) is 12.3. The van der Waals surface area contributed by atoms with Crippen LogP contribution in [0.3, 0.4) is 0 Å². The summed E-state index contributed by atoms with van der Waals surface area (Å²) < 4.78 is 58.1. The van der Waals surface area contributed by atoms with E-state index in [1.807, 2.05) is 12.1 Å². The largest absolute Gasteiger partial charge is 0.308 e. The second-order valence-corrected chi connectivity index (χ2v) is 16.7. The minimum absolute atomic E-state index is 0.0386. The number of rotatable bonds is 8. The smallest absolute Gasteiger partial charge is 0.281 e. The summed E-state index contributed by atoms with van der Waals surface area (Å²) in [5, 5.41) is 8.25. The van der Waals surface area contributed by atoms with Crippen LogP contribution >= 0.6 is 0 Å². The van der Waals surface area contributed by atoms with Crippen LogP contribution in [-0.2, 0) is 32.0 Å². The van der Waals surface area contributed by atoms with Gasteiger partial charge >= 0.3 is 0 Å². The number of aromatic amines is 1. The molecule has 4 aromatic rings. The van der Waals surface area contributed by atoms with Crippen molar-refractivity contribution in [3.63, 3.8) is 0 Å². The summed E-state index contributed by atoms with van der Waals surface area (Å²) in [5.41, 5.74) is 2.44. The summed E-state index contributed by atoms with van der Waals surface area (Å²) in [6.45, 7) is 7.35. The molecule has 14 heteroatoms. The van der Waals surface area contributed by atoms with E-state index in [1.54, 1.807) is 4.68 Å². The summed E-state index contributed by atoms with van der Waals surface area (Å²) in [6, 6.07) is 13.6. The van der Waals surface area contributed by atoms with Crippen molar-refractivity contribution in [2.75, 3.05) is 13.1 Å². The maximum absolute atomic E-state index is 13.4. The summed E-state index contributed by atoms with van der Waals surface area (Å²) in [5.74, 6) is 0.331. The minimum Gasteiger partial charge on any atom is -0.308 e. The molecule has 6 rings (SSSR count). The third-order valence-electron chi connectivity index (χ3n) is 8.83. The molecule has 240 valence electrons. The molecule has 2 N–H and O–H groups in total. The van der Waals surface area contributed by atoms with E-state index in [1.165, 1.54) is 34.1 Å². The molecule has 0 amide bonds. The molecule has 2 aliphatic rings. The van der Waals surface area contributed by atoms with Crippen LogP contribution in [0.2, 0.25) is 0 Å². The molecule has 3 heterocycles. The van der Waals surface area contributed by atoms with Gasteiger partial charge < -0.3 is 4.98 Å². The van der Waals surface area contributed by atoms with Crippen molar-refractivity contribution in [2.45, 2.75) is 93.0 Å². The standard InChI is InChI=1S/C31H39N7O5S2/c1-31(2,3)23-10-8-21(9-11-23)20-38-29-27(34-36-38)30(39)33-28(32-29)22-16-18-37(19-17-22)45(42,43)26-14-12-25(13-15-26)44(40,41)35-24-6-4-5-7-24/h8-15,22,24,35H,4-7,16-20H2,1-3H3,(H,32,33,39). The second-order valence-electron chi connectivity index (χ2n) is 13.1. The summed E-state index contributed by atoms with van der Waals surface area (Å²) in [4.78, 5) is 20.6. The van der Waals surface area contributed by atoms with Gasteiger partial charge in [-0.25, -0.2) is 31.2 Å². The van der Waals surface area contributed by atoms with Gasteiger partial charge in [-0.05, 0) is 66.5 Å². The maximum atomic E-state index is 13.4. The lowest BCUT2D eigenvalue weighted by atomic mass is 9.87. The quantitative estimate of drug-likeness (QED) is 0.292. The number of hydrogen-bond donors (Lipinski definition) is 2. The zero-order chi connectivity index (χ0) is 32.0. The van der Waals surface area contributed by atoms with Gasteiger partial charge in [0.25, 0.3) is 5.56 Å². The molecular formula is C31H39N7O5S2. The monoisotopic (exact) mass is 653 g/mol. The van der Waals surface area contributed by atoms with Crippen molar-refractivity contribution in [2.24, 2.45) is 0 Å². The van der Waals surface area contributed by atoms with Gasteiger partial charge in [0.05, 0.1) is 16.3 Å². The van der Waals surface area contributed by atoms with Gasteiger partial charge in [0.2, 0.25) is 20.0 Å². The number of sulfonamides is 2. The Hall–Kier alpha value is -3.46. The first-order valence-corrected chi connectivity index (χ1v) is 18.3. The lowest BCUT2D eigenvalue weighted by Crippen LogP contribution is -2.38. The van der Waals surface area contributed by atoms with Gasteiger partial charge in [-0.2, -0.15) is 4.31 Å². The van der Waals surface area contributed by atoms with Crippen LogP contribution in [0.25, 0.3) is 11.2 Å². The molecule has 12 nitrogen and oxygen atoms in total. The molecule has 0 unspecified atom stereocenters. The number of hydrogen-bond acceptors (Lipinski definition) is 8. The maximum Gasteiger partial charge on any atom is 0.281 e. The van der Waals surface area contributed by atoms with E-state index in [9.17, 15) is 21.6 Å². The van der Waals surface area contributed by atoms with Crippen molar-refractivity contribution in [3.8, 4) is 0 Å². The van der Waals surface area contributed by atoms with Gasteiger partial charge in [0, 0.05) is 25.0 Å². The highest BCUT2D eigenvalue weighted by molar-refractivity contribution is 7.89. The first kappa shape index (κ1) is 31.5. The van der Waals surface area contributed by atoms with Crippen LogP contribution in [0.5, 0.6) is 0 Å². The molecule has 2 fully saturated rings. The van der Waals surface area contributed by atoms with Crippen molar-refractivity contribution in [1.29, 1.82) is 0 Å². The zero-order valence-corrected chi connectivity index (χ0v) is 27.4. The molecule has 1 saturated heterocycles. The Balaban J connectivity index is 1.14. The average Bonchev–Trinajstić information content (AvgIpc) is 3.67. The lowest BCUT2D eigenvalue weighted by molar-refractivity contribution is 0.313. The number of piperidine rings is 1. The van der Waals surface area contributed by atoms with Gasteiger partial charge in [0.1, 0.15) is 5.82 Å². The Labute approximate surface area is 263 Å². The molecule has 2 aromatic heterocycles. The predicted octanol–water partition coefficient (Wildman–Crippen LogP) is 3.65. The SMILES string of the molecule is CC(C)(C)c1ccc(Cn2nnc3c(=O)[nH]c(C4CCN(S(=O)(=O)c5ccc(S(=O)(=O)NC6CCCC6)cc5)CC4)nc32)cc1. The highest BCUT2D eigenvalue weighted by Gasteiger charge is 2.32. The Morgan fingerprint density at radius 3 is 2.13 bits per heavy atom. The third kappa shape index (κ3) is 6.60. The van der Waals surface area contributed by atoms with Crippen LogP contribution in [0.4, 0.5) is 0 Å². The molecule has 0 spiro atoms. The van der Waals surface area contributed by atoms with Gasteiger partial charge in [-0.3, -0.25) is 4.79 Å². The zero-order valence-electron chi connectivity index (χ0n) is 25.7. The van der Waals surface area contributed by atoms with Crippen LogP contribution in [0.1, 0.15) is 82.2 Å². The molecule has 1 aliphatic carbocycles. The molecule has 0 radical (unpaired) electrons. The van der Waals surface area contributed by atoms with Crippen molar-refractivity contribution in [3.05, 3.63) is 75.8 Å². The van der Waals surface area contributed by atoms with Crippen LogP contribution in [0, 0.1) is 0 Å². The fourth-order valence-electron chi connectivity index (χ4n) is 6.11. The predicted molar refractivity (Wildman–Crippen MR) is 170 cm³/mol. The lowest BCUT2D eigenvalue weighted by Gasteiger charge is -2.30. The molecule has 2 aromatic carbocycles. The normalized spacial score (nSPS) is 17.8. The number of fused-ring (bicyclic) bond motifs is 1. The molecular weight excluding hydrogens is 615 g/mol. The summed E-state index contributed by atoms with van der Waals surface area (Å²) in [6.07, 6.45) is 4.53. The van der Waals surface area contributed by atoms with E-state index in [-0.39, 0.29) is 51.3 Å². The fraction of sp³-hybridized carbons (Fsp3) is 0.484. The van der Waals surface area contributed by atoms with E-state index in [4.69, 9.17) is 4.98 Å². The van der Waals surface area contributed by atoms with Crippen molar-refractivity contribution >= 4 is 31.2 Å². The molecule has 1 aliphatic heterocycles. The molecule has 0 bridgehead atoms. The average molecular weight is 654 g/mol. The van der Waals surface area contributed by atoms with E-state index >= 15 is 0 Å². The van der Waals surface area contributed by atoms with Gasteiger partial charge in [0.15, 0.2) is 11.2 Å². The Morgan fingerprint density at radius 2 is 1.51 bits per heavy atom. The number of aromatic nitrogens is 5. The van der Waals surface area contributed by atoms with Gasteiger partial charge in [-0.1, -0.05) is 63.1 Å². The number of benzene rings is 2. The Kier molecular flexibility index (Phi) is 8.44. The van der Waals surface area contributed by atoms with E-state index in [0.717, 1.165) is 31.2 Å². The Bertz CT molecular complexity index is 1950. The van der Waals surface area contributed by atoms with Gasteiger partial charge in [-0.15, -0.1) is 5.10 Å². The topological polar surface area (TPSA) is 160 Å². The number of nitrogens with zero attached hydrogens (tertiary/aromatic N) is 5. The Morgan fingerprint density at radius 1 is 0.889 bits per heavy atom. The molecule has 1 saturated carbocycles. The summed E-state index contributed by atoms with van der Waals surface area (Å²) >= 11 is 0. The van der Waals surface area contributed by atoms with E-state index < -0.39 is 20.0 Å². The minimum atomic E-state index is -3.84. The van der Waals surface area contributed by atoms with E-state index in [0.29, 0.717) is 30.9 Å². The number of H-pyrrole nitrogens is 1. The highest BCUT2D eigenvalue weighted by Crippen LogP contribution is 2.30.